The van der Waals surface area contributed by atoms with Gasteiger partial charge in [-0.2, -0.15) is 0 Å². The van der Waals surface area contributed by atoms with Crippen molar-refractivity contribution in [3.05, 3.63) is 11.6 Å². The second-order valence-corrected chi connectivity index (χ2v) is 1.31. The van der Waals surface area contributed by atoms with E-state index in [9.17, 15) is 0 Å². The Balaban J connectivity index is -0.0000000771. The third-order valence-electron chi connectivity index (χ3n) is 0.215. The lowest BCUT2D eigenvalue weighted by Crippen LogP contribution is -1.70. The molecule has 0 saturated carbocycles. The van der Waals surface area contributed by atoms with Crippen LogP contribution in [0.3, 0.4) is 0 Å². The topological polar surface area (TPSA) is 26.0 Å². The van der Waals surface area contributed by atoms with Gasteiger partial charge in [-0.3, -0.25) is 0 Å². The minimum atomic E-state index is 1.52. The summed E-state index contributed by atoms with van der Waals surface area (Å²) in [5.74, 6) is 0. The highest BCUT2D eigenvalue weighted by Gasteiger charge is 1.51. The molecule has 0 amide bonds. The van der Waals surface area contributed by atoms with E-state index in [4.69, 9.17) is 5.73 Å². The Morgan fingerprint density at radius 3 is 1.44 bits per heavy atom. The minimum absolute atomic E-state index is 1.52. The highest BCUT2D eigenvalue weighted by Crippen LogP contribution is 1.87. The molecule has 0 aromatic rings. The third-order valence-corrected chi connectivity index (χ3v) is 0.644. The van der Waals surface area contributed by atoms with Gasteiger partial charge in [0.1, 0.15) is 0 Å². The Kier molecular flexibility index (Phi) is 79.5. The van der Waals surface area contributed by atoms with Crippen LogP contribution in [0.15, 0.2) is 11.6 Å². The van der Waals surface area contributed by atoms with Crippen LogP contribution in [0.5, 0.6) is 0 Å². The second-order valence-electron chi connectivity index (χ2n) is 0.564. The van der Waals surface area contributed by atoms with E-state index in [0.29, 0.717) is 0 Å². The number of hydrogen-bond acceptors (Lipinski definition) is 2. The van der Waals surface area contributed by atoms with Crippen molar-refractivity contribution in [3.8, 4) is 0 Å². The number of thioether (sulfide) groups is 1. The van der Waals surface area contributed by atoms with Crippen LogP contribution in [-0.4, -0.2) is 6.26 Å². The van der Waals surface area contributed by atoms with Gasteiger partial charge in [-0.25, -0.2) is 0 Å². The molecule has 0 unspecified atom stereocenters. The van der Waals surface area contributed by atoms with E-state index in [2.05, 4.69) is 0 Å². The largest absolute Gasteiger partial charge is 0.404 e. The normalized spacial score (nSPS) is 6.78. The first kappa shape index (κ1) is 16.0. The number of nitrogens with two attached hydrogens (primary N) is 1. The third kappa shape index (κ3) is 76.6. The van der Waals surface area contributed by atoms with Crippen LogP contribution in [0.4, 0.5) is 0 Å². The van der Waals surface area contributed by atoms with E-state index in [-0.39, 0.29) is 0 Å². The fraction of sp³-hybridized carbons (Fsp3) is 0.714. The van der Waals surface area contributed by atoms with Gasteiger partial charge in [-0.1, -0.05) is 27.7 Å². The Hall–Kier alpha value is -0.110. The first-order valence-electron chi connectivity index (χ1n) is 3.31. The van der Waals surface area contributed by atoms with Gasteiger partial charge >= 0.3 is 0 Å². The van der Waals surface area contributed by atoms with Crippen LogP contribution in [0.2, 0.25) is 0 Å². The molecule has 0 aliphatic heterocycles. The Labute approximate surface area is 63.7 Å². The van der Waals surface area contributed by atoms with Crippen LogP contribution in [-0.2, 0) is 0 Å². The smallest absolute Gasteiger partial charge is 0.000171 e. The molecule has 2 N–H and O–H groups in total. The zero-order valence-electron chi connectivity index (χ0n) is 7.14. The predicted molar refractivity (Wildman–Crippen MR) is 49.5 cm³/mol. The van der Waals surface area contributed by atoms with E-state index < -0.39 is 0 Å². The van der Waals surface area contributed by atoms with Crippen LogP contribution in [0.1, 0.15) is 27.7 Å². The van der Waals surface area contributed by atoms with Crippen LogP contribution >= 0.6 is 11.8 Å². The standard InChI is InChI=1S/C3H7NS.2C2H6/c1-5-3-2-4;2*1-2/h2-3H,4H2,1H3;2*1-2H3/b3-2-;;. The van der Waals surface area contributed by atoms with Gasteiger partial charge in [0.15, 0.2) is 0 Å². The van der Waals surface area contributed by atoms with Crippen molar-refractivity contribution in [1.29, 1.82) is 0 Å². The fourth-order valence-corrected chi connectivity index (χ4v) is 0.236. The Bertz CT molecular complexity index is 35.9. The zero-order valence-corrected chi connectivity index (χ0v) is 7.96. The molecule has 0 spiro atoms. The highest BCUT2D eigenvalue weighted by atomic mass is 32.2. The average molecular weight is 149 g/mol. The maximum absolute atomic E-state index is 4.94. The molecule has 0 aliphatic rings. The lowest BCUT2D eigenvalue weighted by molar-refractivity contribution is 1.50. The highest BCUT2D eigenvalue weighted by molar-refractivity contribution is 8.01. The lowest BCUT2D eigenvalue weighted by atomic mass is 11.0. The molecule has 0 aromatic heterocycles. The number of rotatable bonds is 1. The van der Waals surface area contributed by atoms with Crippen molar-refractivity contribution < 1.29 is 0 Å². The van der Waals surface area contributed by atoms with E-state index in [1.54, 1.807) is 11.8 Å². The van der Waals surface area contributed by atoms with Gasteiger partial charge < -0.3 is 5.73 Å². The average Bonchev–Trinajstić information content (AvgIpc) is 1.98. The molecule has 0 atom stereocenters. The summed E-state index contributed by atoms with van der Waals surface area (Å²) in [5.41, 5.74) is 4.94. The fourth-order valence-electron chi connectivity index (χ4n) is 0.0786. The molecule has 0 rings (SSSR count). The van der Waals surface area contributed by atoms with E-state index in [1.807, 2.05) is 39.4 Å². The summed E-state index contributed by atoms with van der Waals surface area (Å²) in [6.07, 6.45) is 3.48. The maximum atomic E-state index is 4.94. The molecular weight excluding hydrogens is 130 g/mol. The SMILES string of the molecule is CC.CC.CS/C=C\N. The van der Waals surface area contributed by atoms with E-state index >= 15 is 0 Å². The van der Waals surface area contributed by atoms with Crippen LogP contribution < -0.4 is 5.73 Å². The van der Waals surface area contributed by atoms with Crippen molar-refractivity contribution in [1.82, 2.24) is 0 Å². The molecular formula is C7H19NS. The molecule has 0 heterocycles. The molecule has 2 heteroatoms. The predicted octanol–water partition coefficient (Wildman–Crippen LogP) is 2.83. The summed E-state index contributed by atoms with van der Waals surface area (Å²) in [6.45, 7) is 8.00. The molecule has 0 aliphatic carbocycles. The molecule has 0 fully saturated rings. The molecule has 0 saturated heterocycles. The Morgan fingerprint density at radius 1 is 1.11 bits per heavy atom. The summed E-state index contributed by atoms with van der Waals surface area (Å²) in [5, 5.41) is 1.82. The van der Waals surface area contributed by atoms with Gasteiger partial charge in [-0.15, -0.1) is 11.8 Å². The van der Waals surface area contributed by atoms with Crippen LogP contribution in [0, 0.1) is 0 Å². The summed E-state index contributed by atoms with van der Waals surface area (Å²) in [6, 6.07) is 0. The quantitative estimate of drug-likeness (QED) is 0.620. The first-order valence-corrected chi connectivity index (χ1v) is 4.60. The van der Waals surface area contributed by atoms with Gasteiger partial charge in [0, 0.05) is 6.20 Å². The van der Waals surface area contributed by atoms with Gasteiger partial charge in [-0.05, 0) is 11.7 Å². The van der Waals surface area contributed by atoms with E-state index in [1.165, 1.54) is 6.20 Å². The van der Waals surface area contributed by atoms with Crippen molar-refractivity contribution in [3.63, 3.8) is 0 Å². The van der Waals surface area contributed by atoms with Gasteiger partial charge in [0.05, 0.1) is 0 Å². The number of hydrogen-bond donors (Lipinski definition) is 1. The Morgan fingerprint density at radius 2 is 1.44 bits per heavy atom. The summed E-state index contributed by atoms with van der Waals surface area (Å²) < 4.78 is 0. The summed E-state index contributed by atoms with van der Waals surface area (Å²) in [4.78, 5) is 0. The van der Waals surface area contributed by atoms with Crippen molar-refractivity contribution in [2.75, 3.05) is 6.26 Å². The first-order chi connectivity index (χ1) is 4.41. The monoisotopic (exact) mass is 149 g/mol. The summed E-state index contributed by atoms with van der Waals surface area (Å²) in [7, 11) is 0. The lowest BCUT2D eigenvalue weighted by Gasteiger charge is -1.67. The summed E-state index contributed by atoms with van der Waals surface area (Å²) >= 11 is 1.60. The van der Waals surface area contributed by atoms with Crippen LogP contribution in [0.25, 0.3) is 0 Å². The van der Waals surface area contributed by atoms with E-state index in [0.717, 1.165) is 0 Å². The van der Waals surface area contributed by atoms with Crippen molar-refractivity contribution in [2.45, 2.75) is 27.7 Å². The van der Waals surface area contributed by atoms with Crippen molar-refractivity contribution >= 4 is 11.8 Å². The van der Waals surface area contributed by atoms with Gasteiger partial charge in [0.2, 0.25) is 0 Å². The molecule has 9 heavy (non-hydrogen) atoms. The molecule has 0 radical (unpaired) electrons. The molecule has 0 aromatic carbocycles. The van der Waals surface area contributed by atoms with Crippen molar-refractivity contribution in [2.24, 2.45) is 5.73 Å². The minimum Gasteiger partial charge on any atom is -0.404 e. The zero-order chi connectivity index (χ0) is 8.12. The van der Waals surface area contributed by atoms with Gasteiger partial charge in [0.25, 0.3) is 0 Å². The molecule has 1 nitrogen and oxygen atoms in total. The second kappa shape index (κ2) is 44.8. The maximum Gasteiger partial charge on any atom is 0.000171 e. The molecule has 58 valence electrons. The molecule has 0 bridgehead atoms.